The fourth-order valence-electron chi connectivity index (χ4n) is 3.63. The summed E-state index contributed by atoms with van der Waals surface area (Å²) in [7, 11) is 3.16. The van der Waals surface area contributed by atoms with Gasteiger partial charge in [-0.1, -0.05) is 30.0 Å². The van der Waals surface area contributed by atoms with E-state index in [0.717, 1.165) is 5.56 Å². The SMILES string of the molecule is COc1ccc(CN2C(=O)C[C@@H](C(=O)Nc3cccc(C(=O)O)c3)SC2=Nc2ccc(OC)cc2)cc1. The number of methoxy groups -OCH3 is 2. The molecule has 2 N–H and O–H groups in total. The Hall–Kier alpha value is -4.31. The van der Waals surface area contributed by atoms with Crippen molar-refractivity contribution < 1.29 is 29.0 Å². The number of nitrogens with one attached hydrogen (secondary N) is 1. The number of ether oxygens (including phenoxy) is 2. The van der Waals surface area contributed by atoms with Gasteiger partial charge >= 0.3 is 5.97 Å². The predicted molar refractivity (Wildman–Crippen MR) is 142 cm³/mol. The number of hydrogen-bond donors (Lipinski definition) is 2. The van der Waals surface area contributed by atoms with E-state index in [2.05, 4.69) is 10.3 Å². The molecule has 1 aliphatic heterocycles. The molecule has 1 fully saturated rings. The second-order valence-corrected chi connectivity index (χ2v) is 9.28. The second-order valence-electron chi connectivity index (χ2n) is 8.11. The van der Waals surface area contributed by atoms with Crippen LogP contribution in [0.5, 0.6) is 11.5 Å². The van der Waals surface area contributed by atoms with Crippen LogP contribution in [0.3, 0.4) is 0 Å². The van der Waals surface area contributed by atoms with Crippen molar-refractivity contribution in [3.63, 3.8) is 0 Å². The van der Waals surface area contributed by atoms with Crippen LogP contribution in [0.4, 0.5) is 11.4 Å². The van der Waals surface area contributed by atoms with Crippen LogP contribution in [0.2, 0.25) is 0 Å². The molecular formula is C27H25N3O6S. The summed E-state index contributed by atoms with van der Waals surface area (Å²) in [6, 6.07) is 20.4. The van der Waals surface area contributed by atoms with Gasteiger partial charge in [-0.2, -0.15) is 0 Å². The number of carbonyl (C=O) groups is 3. The highest BCUT2D eigenvalue weighted by Gasteiger charge is 2.36. The van der Waals surface area contributed by atoms with Crippen LogP contribution in [0, 0.1) is 0 Å². The molecule has 0 aromatic heterocycles. The van der Waals surface area contributed by atoms with Crippen LogP contribution in [0.1, 0.15) is 22.3 Å². The van der Waals surface area contributed by atoms with E-state index in [-0.39, 0.29) is 24.4 Å². The lowest BCUT2D eigenvalue weighted by molar-refractivity contribution is -0.129. The Labute approximate surface area is 218 Å². The van der Waals surface area contributed by atoms with Gasteiger partial charge in [0.15, 0.2) is 5.17 Å². The van der Waals surface area contributed by atoms with Crippen LogP contribution in [0.15, 0.2) is 77.8 Å². The first-order chi connectivity index (χ1) is 17.9. The van der Waals surface area contributed by atoms with Gasteiger partial charge in [-0.3, -0.25) is 14.5 Å². The van der Waals surface area contributed by atoms with Crippen LogP contribution in [0.25, 0.3) is 0 Å². The fourth-order valence-corrected chi connectivity index (χ4v) is 4.73. The maximum absolute atomic E-state index is 13.3. The molecule has 4 rings (SSSR count). The molecular weight excluding hydrogens is 494 g/mol. The molecule has 0 unspecified atom stereocenters. The lowest BCUT2D eigenvalue weighted by Gasteiger charge is -2.32. The first-order valence-electron chi connectivity index (χ1n) is 11.3. The number of carbonyl (C=O) groups excluding carboxylic acids is 2. The largest absolute Gasteiger partial charge is 0.497 e. The van der Waals surface area contributed by atoms with Gasteiger partial charge in [0.05, 0.1) is 32.0 Å². The molecule has 0 spiro atoms. The molecule has 0 radical (unpaired) electrons. The van der Waals surface area contributed by atoms with E-state index in [0.29, 0.717) is 28.0 Å². The average molecular weight is 520 g/mol. The molecule has 37 heavy (non-hydrogen) atoms. The molecule has 10 heteroatoms. The zero-order valence-corrected chi connectivity index (χ0v) is 21.0. The minimum atomic E-state index is -1.10. The molecule has 0 saturated carbocycles. The number of hydrogen-bond acceptors (Lipinski definition) is 7. The Morgan fingerprint density at radius 3 is 2.30 bits per heavy atom. The number of aromatic carboxylic acids is 1. The van der Waals surface area contributed by atoms with Gasteiger partial charge in [-0.15, -0.1) is 0 Å². The number of aliphatic imine (C=N–C) groups is 1. The monoisotopic (exact) mass is 519 g/mol. The summed E-state index contributed by atoms with van der Waals surface area (Å²) in [4.78, 5) is 43.8. The maximum atomic E-state index is 13.3. The van der Waals surface area contributed by atoms with Crippen molar-refractivity contribution >= 4 is 46.1 Å². The number of amidine groups is 1. The number of nitrogens with zero attached hydrogens (tertiary/aromatic N) is 2. The number of amides is 2. The van der Waals surface area contributed by atoms with Crippen molar-refractivity contribution in [1.82, 2.24) is 4.90 Å². The zero-order chi connectivity index (χ0) is 26.4. The normalized spacial score (nSPS) is 16.4. The van der Waals surface area contributed by atoms with E-state index >= 15 is 0 Å². The predicted octanol–water partition coefficient (Wildman–Crippen LogP) is 4.56. The first kappa shape index (κ1) is 25.8. The van der Waals surface area contributed by atoms with E-state index in [1.165, 1.54) is 23.9 Å². The third-order valence-electron chi connectivity index (χ3n) is 5.61. The Bertz CT molecular complexity index is 1320. The highest BCUT2D eigenvalue weighted by Crippen LogP contribution is 2.32. The fraction of sp³-hybridized carbons (Fsp3) is 0.185. The smallest absolute Gasteiger partial charge is 0.335 e. The van der Waals surface area contributed by atoms with E-state index in [9.17, 15) is 19.5 Å². The van der Waals surface area contributed by atoms with Crippen LogP contribution in [-0.2, 0) is 16.1 Å². The molecule has 0 bridgehead atoms. The van der Waals surface area contributed by atoms with Gasteiger partial charge in [-0.25, -0.2) is 9.79 Å². The number of carboxylic acids is 1. The molecule has 1 atom stereocenters. The van der Waals surface area contributed by atoms with E-state index in [1.54, 1.807) is 55.5 Å². The molecule has 2 amide bonds. The summed E-state index contributed by atoms with van der Waals surface area (Å²) >= 11 is 1.18. The lowest BCUT2D eigenvalue weighted by Crippen LogP contribution is -2.44. The average Bonchev–Trinajstić information content (AvgIpc) is 2.91. The number of benzene rings is 3. The van der Waals surface area contributed by atoms with Crippen LogP contribution < -0.4 is 14.8 Å². The van der Waals surface area contributed by atoms with Crippen molar-refractivity contribution in [3.8, 4) is 11.5 Å². The molecule has 3 aromatic carbocycles. The minimum absolute atomic E-state index is 0.0348. The van der Waals surface area contributed by atoms with Gasteiger partial charge in [0, 0.05) is 12.1 Å². The van der Waals surface area contributed by atoms with E-state index in [4.69, 9.17) is 9.47 Å². The quantitative estimate of drug-likeness (QED) is 0.448. The molecule has 1 saturated heterocycles. The molecule has 1 aliphatic rings. The third-order valence-corrected chi connectivity index (χ3v) is 6.79. The topological polar surface area (TPSA) is 118 Å². The summed E-state index contributed by atoms with van der Waals surface area (Å²) < 4.78 is 10.4. The lowest BCUT2D eigenvalue weighted by atomic mass is 10.1. The molecule has 9 nitrogen and oxygen atoms in total. The van der Waals surface area contributed by atoms with Crippen molar-refractivity contribution in [2.75, 3.05) is 19.5 Å². The van der Waals surface area contributed by atoms with Crippen molar-refractivity contribution in [2.45, 2.75) is 18.2 Å². The summed E-state index contributed by atoms with van der Waals surface area (Å²) in [6.45, 7) is 0.278. The second kappa shape index (κ2) is 11.6. The standard InChI is InChI=1S/C27H25N3O6S/c1-35-21-10-6-17(7-11-21)16-30-24(31)15-23(25(32)28-20-5-3-4-18(14-20)26(33)34)37-27(30)29-19-8-12-22(36-2)13-9-19/h3-14,23H,15-16H2,1-2H3,(H,28,32)(H,33,34)/t23-/m0/s1. The summed E-state index contributed by atoms with van der Waals surface area (Å²) in [6.07, 6.45) is -0.0348. The number of thioether (sulfide) groups is 1. The summed E-state index contributed by atoms with van der Waals surface area (Å²) in [5.41, 5.74) is 1.88. The number of rotatable bonds is 8. The van der Waals surface area contributed by atoms with E-state index < -0.39 is 17.1 Å². The highest BCUT2D eigenvalue weighted by molar-refractivity contribution is 8.15. The molecule has 0 aliphatic carbocycles. The summed E-state index contributed by atoms with van der Waals surface area (Å²) in [5, 5.41) is 11.6. The highest BCUT2D eigenvalue weighted by atomic mass is 32.2. The van der Waals surface area contributed by atoms with Crippen LogP contribution in [-0.4, -0.2) is 52.4 Å². The third kappa shape index (κ3) is 6.47. The zero-order valence-electron chi connectivity index (χ0n) is 20.2. The van der Waals surface area contributed by atoms with E-state index in [1.807, 2.05) is 24.3 Å². The Balaban J connectivity index is 1.59. The first-order valence-corrected chi connectivity index (χ1v) is 12.2. The van der Waals surface area contributed by atoms with Crippen molar-refractivity contribution in [1.29, 1.82) is 0 Å². The van der Waals surface area contributed by atoms with Crippen LogP contribution >= 0.6 is 11.8 Å². The van der Waals surface area contributed by atoms with Gasteiger partial charge < -0.3 is 19.9 Å². The van der Waals surface area contributed by atoms with Crippen molar-refractivity contribution in [2.24, 2.45) is 4.99 Å². The summed E-state index contributed by atoms with van der Waals surface area (Å²) in [5.74, 6) is -0.374. The molecule has 1 heterocycles. The minimum Gasteiger partial charge on any atom is -0.497 e. The van der Waals surface area contributed by atoms with Gasteiger partial charge in [-0.05, 0) is 60.2 Å². The van der Waals surface area contributed by atoms with Gasteiger partial charge in [0.1, 0.15) is 16.7 Å². The van der Waals surface area contributed by atoms with Gasteiger partial charge in [0.25, 0.3) is 0 Å². The Kier molecular flexibility index (Phi) is 8.09. The molecule has 190 valence electrons. The molecule has 3 aromatic rings. The Morgan fingerprint density at radius 2 is 1.68 bits per heavy atom. The maximum Gasteiger partial charge on any atom is 0.335 e. The van der Waals surface area contributed by atoms with Crippen molar-refractivity contribution in [3.05, 3.63) is 83.9 Å². The Morgan fingerprint density at radius 1 is 1.03 bits per heavy atom. The van der Waals surface area contributed by atoms with Gasteiger partial charge in [0.2, 0.25) is 11.8 Å². The number of carboxylic acid groups (broad SMARTS) is 1. The number of anilines is 1.